The topological polar surface area (TPSA) is 49.4 Å². The second-order valence-corrected chi connectivity index (χ2v) is 9.82. The van der Waals surface area contributed by atoms with Crippen LogP contribution in [0.25, 0.3) is 0 Å². The maximum atomic E-state index is 12.8. The summed E-state index contributed by atoms with van der Waals surface area (Å²) in [5, 5.41) is 3.33. The molecule has 2 saturated carbocycles. The molecule has 0 aromatic rings. The molecule has 4 nitrogen and oxygen atoms in total. The highest BCUT2D eigenvalue weighted by Gasteiger charge is 2.39. The molecule has 156 valence electrons. The number of likely N-dealkylation sites (tertiary alicyclic amines) is 1. The van der Waals surface area contributed by atoms with Crippen molar-refractivity contribution < 1.29 is 11.0 Å². The van der Waals surface area contributed by atoms with Crippen LogP contribution in [0.5, 0.6) is 0 Å². The van der Waals surface area contributed by atoms with Crippen LogP contribution in [-0.2, 0) is 9.59 Å². The molecule has 4 heteroatoms. The lowest BCUT2D eigenvalue weighted by Gasteiger charge is -2.45. The minimum absolute atomic E-state index is 0. The van der Waals surface area contributed by atoms with Gasteiger partial charge in [-0.2, -0.15) is 0 Å². The molecule has 0 atom stereocenters. The molecular weight excluding hydrogens is 336 g/mol. The van der Waals surface area contributed by atoms with Gasteiger partial charge >= 0.3 is 0 Å². The van der Waals surface area contributed by atoms with Crippen LogP contribution in [0, 0.1) is 23.2 Å². The summed E-state index contributed by atoms with van der Waals surface area (Å²) in [5.74, 6) is 1.28. The number of ketones is 1. The molecule has 0 aromatic heterocycles. The Labute approximate surface area is 167 Å². The van der Waals surface area contributed by atoms with E-state index in [4.69, 9.17) is 0 Å². The van der Waals surface area contributed by atoms with Crippen LogP contribution in [0.4, 0.5) is 0 Å². The number of rotatable bonds is 5. The van der Waals surface area contributed by atoms with Gasteiger partial charge in [0.05, 0.1) is 0 Å². The van der Waals surface area contributed by atoms with E-state index in [9.17, 15) is 9.59 Å². The lowest BCUT2D eigenvalue weighted by molar-refractivity contribution is -0.128. The predicted octanol–water partition coefficient (Wildman–Crippen LogP) is 4.42. The third-order valence-electron chi connectivity index (χ3n) is 7.83. The van der Waals surface area contributed by atoms with E-state index >= 15 is 0 Å². The number of nitrogens with zero attached hydrogens (tertiary/aromatic N) is 1. The molecule has 0 radical (unpaired) electrons. The lowest BCUT2D eigenvalue weighted by Crippen LogP contribution is -2.45. The van der Waals surface area contributed by atoms with Crippen molar-refractivity contribution in [1.82, 2.24) is 10.2 Å². The normalized spacial score (nSPS) is 29.8. The zero-order valence-electron chi connectivity index (χ0n) is 17.8. The van der Waals surface area contributed by atoms with Crippen molar-refractivity contribution in [2.75, 3.05) is 19.6 Å². The van der Waals surface area contributed by atoms with Crippen molar-refractivity contribution >= 4 is 11.7 Å². The Hall–Kier alpha value is -0.900. The zero-order chi connectivity index (χ0) is 19.4. The highest BCUT2D eigenvalue weighted by Crippen LogP contribution is 2.46. The molecule has 1 N–H and O–H groups in total. The number of hydrogen-bond donors (Lipinski definition) is 1. The molecule has 1 heterocycles. The molecule has 2 aliphatic carbocycles. The van der Waals surface area contributed by atoms with Gasteiger partial charge in [-0.3, -0.25) is 9.59 Å². The van der Waals surface area contributed by atoms with Crippen LogP contribution < -0.4 is 5.32 Å². The number of hydrogen-bond acceptors (Lipinski definition) is 3. The van der Waals surface area contributed by atoms with Crippen molar-refractivity contribution in [2.24, 2.45) is 23.2 Å². The highest BCUT2D eigenvalue weighted by atomic mass is 16.2. The Bertz CT molecular complexity index is 511. The number of carbonyl (C=O) groups excluding carboxylic acids is 2. The van der Waals surface area contributed by atoms with E-state index in [0.717, 1.165) is 38.5 Å². The molecule has 1 spiro atoms. The van der Waals surface area contributed by atoms with E-state index in [1.165, 1.54) is 45.3 Å². The molecule has 27 heavy (non-hydrogen) atoms. The molecular formula is C23H42N2O2. The Morgan fingerprint density at radius 1 is 0.963 bits per heavy atom. The first-order chi connectivity index (χ1) is 12.9. The van der Waals surface area contributed by atoms with Gasteiger partial charge < -0.3 is 10.2 Å². The molecule has 3 fully saturated rings. The first-order valence-electron chi connectivity index (χ1n) is 11.5. The summed E-state index contributed by atoms with van der Waals surface area (Å²) in [4.78, 5) is 27.5. The van der Waals surface area contributed by atoms with Crippen LogP contribution >= 0.6 is 0 Å². The van der Waals surface area contributed by atoms with Gasteiger partial charge in [0, 0.05) is 25.2 Å². The van der Waals surface area contributed by atoms with E-state index in [1.807, 2.05) is 13.8 Å². The van der Waals surface area contributed by atoms with Crippen molar-refractivity contribution in [2.45, 2.75) is 91.0 Å². The molecule has 0 bridgehead atoms. The zero-order valence-corrected chi connectivity index (χ0v) is 17.8. The minimum atomic E-state index is 0. The summed E-state index contributed by atoms with van der Waals surface area (Å²) in [6.45, 7) is 9.91. The number of carbonyl (C=O) groups is 2. The summed E-state index contributed by atoms with van der Waals surface area (Å²) < 4.78 is 0. The third kappa shape index (κ3) is 5.13. The Balaban J connectivity index is 0.00000280. The summed E-state index contributed by atoms with van der Waals surface area (Å²) >= 11 is 0. The van der Waals surface area contributed by atoms with Crippen LogP contribution in [0.15, 0.2) is 0 Å². The SMILES string of the molecule is CCN1CCC2(CCC(C(=O)NC3CCC(C(=O)C(C)C)CC3)CC2)CC1.[HH]. The molecule has 3 rings (SSSR count). The van der Waals surface area contributed by atoms with E-state index in [2.05, 4.69) is 17.1 Å². The largest absolute Gasteiger partial charge is 0.353 e. The quantitative estimate of drug-likeness (QED) is 0.770. The van der Waals surface area contributed by atoms with Crippen molar-refractivity contribution in [1.29, 1.82) is 0 Å². The van der Waals surface area contributed by atoms with E-state index < -0.39 is 0 Å². The summed E-state index contributed by atoms with van der Waals surface area (Å²) in [6, 6.07) is 0.289. The maximum Gasteiger partial charge on any atom is 0.223 e. The Morgan fingerprint density at radius 3 is 2.07 bits per heavy atom. The Kier molecular flexibility index (Phi) is 6.99. The van der Waals surface area contributed by atoms with Gasteiger partial charge in [0.2, 0.25) is 5.91 Å². The fourth-order valence-corrected chi connectivity index (χ4v) is 5.65. The van der Waals surface area contributed by atoms with E-state index in [0.29, 0.717) is 11.2 Å². The van der Waals surface area contributed by atoms with Gasteiger partial charge in [0.25, 0.3) is 0 Å². The number of amides is 1. The smallest absolute Gasteiger partial charge is 0.223 e. The first-order valence-corrected chi connectivity index (χ1v) is 11.5. The molecule has 1 saturated heterocycles. The molecule has 0 aromatic carbocycles. The molecule has 1 amide bonds. The lowest BCUT2D eigenvalue weighted by atomic mass is 9.65. The minimum Gasteiger partial charge on any atom is -0.353 e. The van der Waals surface area contributed by atoms with Crippen LogP contribution in [0.3, 0.4) is 0 Å². The molecule has 1 aliphatic heterocycles. The summed E-state index contributed by atoms with van der Waals surface area (Å²) in [6.07, 6.45) is 11.1. The average Bonchev–Trinajstić information content (AvgIpc) is 2.69. The maximum absolute atomic E-state index is 12.8. The summed E-state index contributed by atoms with van der Waals surface area (Å²) in [7, 11) is 0. The van der Waals surface area contributed by atoms with Crippen LogP contribution in [0.2, 0.25) is 0 Å². The first kappa shape index (κ1) is 20.8. The van der Waals surface area contributed by atoms with Gasteiger partial charge in [-0.25, -0.2) is 0 Å². The van der Waals surface area contributed by atoms with Gasteiger partial charge in [0.15, 0.2) is 0 Å². The van der Waals surface area contributed by atoms with Gasteiger partial charge in [0.1, 0.15) is 5.78 Å². The van der Waals surface area contributed by atoms with Crippen molar-refractivity contribution in [3.63, 3.8) is 0 Å². The predicted molar refractivity (Wildman–Crippen MR) is 112 cm³/mol. The second-order valence-electron chi connectivity index (χ2n) is 9.82. The highest BCUT2D eigenvalue weighted by molar-refractivity contribution is 5.83. The van der Waals surface area contributed by atoms with Gasteiger partial charge in [-0.15, -0.1) is 0 Å². The number of Topliss-reactive ketones (excluding diaryl/α,β-unsaturated/α-hetero) is 1. The van der Waals surface area contributed by atoms with Gasteiger partial charge in [-0.1, -0.05) is 20.8 Å². The van der Waals surface area contributed by atoms with E-state index in [1.54, 1.807) is 0 Å². The second kappa shape index (κ2) is 9.07. The summed E-state index contributed by atoms with van der Waals surface area (Å²) in [5.41, 5.74) is 0.526. The number of piperidine rings is 1. The van der Waals surface area contributed by atoms with E-state index in [-0.39, 0.29) is 31.1 Å². The van der Waals surface area contributed by atoms with Crippen molar-refractivity contribution in [3.05, 3.63) is 0 Å². The molecule has 3 aliphatic rings. The standard InChI is InChI=1S/C23H40N2O2.H2/c1-4-25-15-13-23(14-16-25)11-9-19(10-12-23)22(27)24-20-7-5-18(6-8-20)21(26)17(2)3;/h17-20H,4-16H2,1-3H3,(H,24,27);1H. The Morgan fingerprint density at radius 2 is 1.56 bits per heavy atom. The van der Waals surface area contributed by atoms with Crippen LogP contribution in [0.1, 0.15) is 86.4 Å². The van der Waals surface area contributed by atoms with Gasteiger partial charge in [-0.05, 0) is 89.3 Å². The fraction of sp³-hybridized carbons (Fsp3) is 0.913. The van der Waals surface area contributed by atoms with Crippen LogP contribution in [-0.4, -0.2) is 42.3 Å². The molecule has 0 unspecified atom stereocenters. The monoisotopic (exact) mass is 378 g/mol. The number of nitrogens with one attached hydrogen (secondary N) is 1. The fourth-order valence-electron chi connectivity index (χ4n) is 5.65. The third-order valence-corrected chi connectivity index (χ3v) is 7.83. The van der Waals surface area contributed by atoms with Crippen molar-refractivity contribution in [3.8, 4) is 0 Å². The average molecular weight is 379 g/mol.